The van der Waals surface area contributed by atoms with Crippen LogP contribution in [-0.2, 0) is 5.41 Å². The number of nitrogens with zero attached hydrogens (tertiary/aromatic N) is 1. The normalized spacial score (nSPS) is 27.1. The second-order valence-corrected chi connectivity index (χ2v) is 13.4. The van der Waals surface area contributed by atoms with Crippen molar-refractivity contribution in [3.05, 3.63) is 64.9 Å². The van der Waals surface area contributed by atoms with Crippen molar-refractivity contribution in [3.8, 4) is 0 Å². The zero-order chi connectivity index (χ0) is 25.4. The van der Waals surface area contributed by atoms with E-state index >= 15 is 0 Å². The van der Waals surface area contributed by atoms with Crippen LogP contribution in [-0.4, -0.2) is 16.5 Å². The summed E-state index contributed by atoms with van der Waals surface area (Å²) >= 11 is 0. The molecule has 1 heteroatoms. The maximum absolute atomic E-state index is 2.90. The van der Waals surface area contributed by atoms with Crippen LogP contribution in [0.3, 0.4) is 0 Å². The molecule has 1 nitrogen and oxygen atoms in total. The largest absolute Gasteiger partial charge is 0.363 e. The van der Waals surface area contributed by atoms with Crippen LogP contribution in [0.15, 0.2) is 53.8 Å². The standard InChI is InChI=1S/C34H51N/c1-9-12-24(2)21-25(3)26(4)35-32-19-17-27(28-13-10-15-30(22-28)33(5,6)7)16-18-31(32)29-14-11-20-34(35,8)23-29/h10,13,15-16,18-19,22,24-26,29H,9,11-12,14,17,20-21,23H2,1-8H3/t24-,25?,26-,29-,34-/m0/s1. The molecule has 1 aromatic rings. The monoisotopic (exact) mass is 473 g/mol. The Morgan fingerprint density at radius 1 is 1.11 bits per heavy atom. The molecule has 0 radical (unpaired) electrons. The Hall–Kier alpha value is -1.76. The lowest BCUT2D eigenvalue weighted by molar-refractivity contribution is 0.00975. The Kier molecular flexibility index (Phi) is 7.75. The average Bonchev–Trinajstić information content (AvgIpc) is 3.01. The summed E-state index contributed by atoms with van der Waals surface area (Å²) in [6, 6.07) is 9.83. The highest BCUT2D eigenvalue weighted by molar-refractivity contribution is 5.71. The van der Waals surface area contributed by atoms with Crippen LogP contribution < -0.4 is 0 Å². The molecule has 2 bridgehead atoms. The van der Waals surface area contributed by atoms with Crippen LogP contribution in [0.5, 0.6) is 0 Å². The van der Waals surface area contributed by atoms with Crippen LogP contribution in [0.4, 0.5) is 0 Å². The number of fused-ring (bicyclic) bond motifs is 4. The van der Waals surface area contributed by atoms with Gasteiger partial charge in [-0.3, -0.25) is 0 Å². The number of rotatable bonds is 7. The van der Waals surface area contributed by atoms with E-state index in [0.717, 1.165) is 12.3 Å². The highest BCUT2D eigenvalue weighted by atomic mass is 15.2. The topological polar surface area (TPSA) is 3.24 Å². The van der Waals surface area contributed by atoms with Gasteiger partial charge in [0.2, 0.25) is 0 Å². The summed E-state index contributed by atoms with van der Waals surface area (Å²) < 4.78 is 0. The highest BCUT2D eigenvalue weighted by Crippen LogP contribution is 2.52. The average molecular weight is 474 g/mol. The van der Waals surface area contributed by atoms with E-state index < -0.39 is 0 Å². The minimum absolute atomic E-state index is 0.176. The van der Waals surface area contributed by atoms with Crippen molar-refractivity contribution >= 4 is 5.57 Å². The first-order valence-corrected chi connectivity index (χ1v) is 14.5. The predicted molar refractivity (Wildman–Crippen MR) is 153 cm³/mol. The molecule has 1 unspecified atom stereocenters. The van der Waals surface area contributed by atoms with Crippen molar-refractivity contribution in [3.63, 3.8) is 0 Å². The maximum Gasteiger partial charge on any atom is 0.0383 e. The predicted octanol–water partition coefficient (Wildman–Crippen LogP) is 9.70. The summed E-state index contributed by atoms with van der Waals surface area (Å²) in [5, 5.41) is 0. The molecule has 1 saturated heterocycles. The summed E-state index contributed by atoms with van der Waals surface area (Å²) in [6.07, 6.45) is 17.9. The van der Waals surface area contributed by atoms with Crippen molar-refractivity contribution < 1.29 is 0 Å². The molecule has 0 spiro atoms. The molecule has 0 aromatic heterocycles. The van der Waals surface area contributed by atoms with Gasteiger partial charge < -0.3 is 4.90 Å². The summed E-state index contributed by atoms with van der Waals surface area (Å²) in [4.78, 5) is 2.90. The molecule has 3 aliphatic rings. The summed E-state index contributed by atoms with van der Waals surface area (Å²) in [6.45, 7) is 19.3. The molecule has 1 heterocycles. The number of allylic oxidation sites excluding steroid dienone is 5. The van der Waals surface area contributed by atoms with E-state index in [0.29, 0.717) is 23.4 Å². The fourth-order valence-corrected chi connectivity index (χ4v) is 7.30. The molecule has 192 valence electrons. The van der Waals surface area contributed by atoms with Gasteiger partial charge in [-0.15, -0.1) is 0 Å². The zero-order valence-electron chi connectivity index (χ0n) is 24.0. The quantitative estimate of drug-likeness (QED) is 0.381. The van der Waals surface area contributed by atoms with Crippen molar-refractivity contribution in [2.24, 2.45) is 17.8 Å². The van der Waals surface area contributed by atoms with Crippen LogP contribution in [0.2, 0.25) is 0 Å². The van der Waals surface area contributed by atoms with Gasteiger partial charge in [-0.1, -0.05) is 103 Å². The van der Waals surface area contributed by atoms with E-state index in [1.807, 2.05) is 0 Å². The fourth-order valence-electron chi connectivity index (χ4n) is 7.30. The minimum atomic E-state index is 0.176. The molecule has 5 atom stereocenters. The van der Waals surface area contributed by atoms with Crippen LogP contribution in [0.1, 0.15) is 118 Å². The molecule has 4 rings (SSSR count). The summed E-state index contributed by atoms with van der Waals surface area (Å²) in [5.41, 5.74) is 7.92. The van der Waals surface area contributed by atoms with Crippen molar-refractivity contribution in [2.45, 2.75) is 124 Å². The molecule has 1 aromatic carbocycles. The van der Waals surface area contributed by atoms with E-state index in [-0.39, 0.29) is 5.41 Å². The highest BCUT2D eigenvalue weighted by Gasteiger charge is 2.47. The third-order valence-corrected chi connectivity index (χ3v) is 9.40. The molecule has 0 amide bonds. The van der Waals surface area contributed by atoms with Crippen LogP contribution in [0.25, 0.3) is 5.57 Å². The Balaban J connectivity index is 1.67. The van der Waals surface area contributed by atoms with E-state index in [4.69, 9.17) is 0 Å². The van der Waals surface area contributed by atoms with Gasteiger partial charge in [-0.25, -0.2) is 0 Å². The SMILES string of the molecule is CCC[C@H](C)CC(C)[C@H](C)N1C2=CCC(c3cccc(C(C)(C)C)c3)=CC=C2[C@H]2CCC[C@@]1(C)C2. The molecular weight excluding hydrogens is 422 g/mol. The van der Waals surface area contributed by atoms with E-state index in [1.165, 1.54) is 61.6 Å². The Morgan fingerprint density at radius 3 is 2.60 bits per heavy atom. The molecule has 35 heavy (non-hydrogen) atoms. The zero-order valence-corrected chi connectivity index (χ0v) is 24.0. The first-order chi connectivity index (χ1) is 16.5. The molecule has 1 aliphatic heterocycles. The first kappa shape index (κ1) is 26.3. The summed E-state index contributed by atoms with van der Waals surface area (Å²) in [5.74, 6) is 2.23. The summed E-state index contributed by atoms with van der Waals surface area (Å²) in [7, 11) is 0. The molecule has 2 aliphatic carbocycles. The number of benzene rings is 1. The van der Waals surface area contributed by atoms with Gasteiger partial charge in [0, 0.05) is 17.3 Å². The number of piperidine rings is 1. The van der Waals surface area contributed by atoms with Gasteiger partial charge >= 0.3 is 0 Å². The van der Waals surface area contributed by atoms with E-state index in [9.17, 15) is 0 Å². The van der Waals surface area contributed by atoms with Crippen molar-refractivity contribution in [1.29, 1.82) is 0 Å². The van der Waals surface area contributed by atoms with Gasteiger partial charge in [0.25, 0.3) is 0 Å². The second kappa shape index (κ2) is 10.3. The maximum atomic E-state index is 2.90. The molecule has 0 N–H and O–H groups in total. The third kappa shape index (κ3) is 5.50. The Morgan fingerprint density at radius 2 is 1.89 bits per heavy atom. The first-order valence-electron chi connectivity index (χ1n) is 14.5. The van der Waals surface area contributed by atoms with Gasteiger partial charge in [0.15, 0.2) is 0 Å². The molecule has 2 fully saturated rings. The third-order valence-electron chi connectivity index (χ3n) is 9.40. The Labute approximate surface area is 216 Å². The fraction of sp³-hybridized carbons (Fsp3) is 0.647. The van der Waals surface area contributed by atoms with Crippen molar-refractivity contribution in [1.82, 2.24) is 4.90 Å². The van der Waals surface area contributed by atoms with Gasteiger partial charge in [0.05, 0.1) is 0 Å². The lowest BCUT2D eigenvalue weighted by atomic mass is 9.67. The number of hydrogen-bond donors (Lipinski definition) is 0. The number of likely N-dealkylation sites (tertiary alicyclic amines) is 1. The minimum Gasteiger partial charge on any atom is -0.363 e. The van der Waals surface area contributed by atoms with Crippen molar-refractivity contribution in [2.75, 3.05) is 0 Å². The van der Waals surface area contributed by atoms with E-state index in [1.54, 1.807) is 11.3 Å². The van der Waals surface area contributed by atoms with Crippen LogP contribution in [0, 0.1) is 17.8 Å². The van der Waals surface area contributed by atoms with Gasteiger partial charge in [-0.05, 0) is 91.4 Å². The van der Waals surface area contributed by atoms with Gasteiger partial charge in [-0.2, -0.15) is 0 Å². The molecule has 1 saturated carbocycles. The lowest BCUT2D eigenvalue weighted by Crippen LogP contribution is -2.58. The smallest absolute Gasteiger partial charge is 0.0383 e. The Bertz CT molecular complexity index is 986. The second-order valence-electron chi connectivity index (χ2n) is 13.4. The van der Waals surface area contributed by atoms with Crippen LogP contribution >= 0.6 is 0 Å². The molecular formula is C34H51N. The van der Waals surface area contributed by atoms with E-state index in [2.05, 4.69) is 103 Å². The lowest BCUT2D eigenvalue weighted by Gasteiger charge is -2.58. The van der Waals surface area contributed by atoms with Gasteiger partial charge in [0.1, 0.15) is 0 Å². The number of hydrogen-bond acceptors (Lipinski definition) is 1.